The van der Waals surface area contributed by atoms with Gasteiger partial charge in [-0.05, 0) is 43.9 Å². The van der Waals surface area contributed by atoms with Crippen LogP contribution in [0.3, 0.4) is 0 Å². The van der Waals surface area contributed by atoms with Gasteiger partial charge in [-0.1, -0.05) is 64.0 Å². The van der Waals surface area contributed by atoms with E-state index in [-0.39, 0.29) is 24.8 Å². The highest BCUT2D eigenvalue weighted by Gasteiger charge is 2.10. The van der Waals surface area contributed by atoms with Crippen LogP contribution in [-0.2, 0) is 14.3 Å². The number of hydrogen-bond donors (Lipinski definition) is 0. The van der Waals surface area contributed by atoms with Crippen LogP contribution in [0.1, 0.15) is 88.7 Å². The van der Waals surface area contributed by atoms with Crippen molar-refractivity contribution >= 4 is 11.9 Å². The predicted molar refractivity (Wildman–Crippen MR) is 109 cm³/mol. The maximum absolute atomic E-state index is 11.9. The molecule has 4 nitrogen and oxygen atoms in total. The van der Waals surface area contributed by atoms with E-state index >= 15 is 0 Å². The molecule has 1 rings (SSSR count). The molecule has 0 amide bonds. The third kappa shape index (κ3) is 10.8. The van der Waals surface area contributed by atoms with Gasteiger partial charge in [-0.25, -0.2) is 0 Å². The van der Waals surface area contributed by atoms with Gasteiger partial charge in [0.25, 0.3) is 0 Å². The lowest BCUT2D eigenvalue weighted by molar-refractivity contribution is -0.144. The number of rotatable bonds is 14. The summed E-state index contributed by atoms with van der Waals surface area (Å²) in [4.78, 5) is 23.6. The summed E-state index contributed by atoms with van der Waals surface area (Å²) >= 11 is 0. The highest BCUT2D eigenvalue weighted by atomic mass is 16.5. The number of hydrogen-bond acceptors (Lipinski definition) is 4. The standard InChI is InChI=1S/C23H36O4/c1-4-5-6-7-8-9-10-11-18-26-22(24)16-13-17-23(25)27-21-15-12-14-19(2)20(21)3/h12,14-15H,4-11,13,16-18H2,1-3H3. The van der Waals surface area contributed by atoms with Gasteiger partial charge >= 0.3 is 11.9 Å². The van der Waals surface area contributed by atoms with Crippen molar-refractivity contribution in [3.8, 4) is 5.75 Å². The van der Waals surface area contributed by atoms with E-state index in [1.54, 1.807) is 6.07 Å². The molecule has 0 N–H and O–H groups in total. The first-order valence-electron chi connectivity index (χ1n) is 10.5. The molecule has 0 spiro atoms. The van der Waals surface area contributed by atoms with Crippen molar-refractivity contribution in [1.29, 1.82) is 0 Å². The van der Waals surface area contributed by atoms with E-state index in [1.807, 2.05) is 26.0 Å². The molecule has 0 aliphatic carbocycles. The lowest BCUT2D eigenvalue weighted by Gasteiger charge is -2.09. The molecule has 0 atom stereocenters. The normalized spacial score (nSPS) is 10.6. The van der Waals surface area contributed by atoms with E-state index in [1.165, 1.54) is 38.5 Å². The van der Waals surface area contributed by atoms with Crippen molar-refractivity contribution in [3.05, 3.63) is 29.3 Å². The molecule has 0 heterocycles. The Labute approximate surface area is 164 Å². The fraction of sp³-hybridized carbons (Fsp3) is 0.652. The van der Waals surface area contributed by atoms with Gasteiger partial charge in [0.2, 0.25) is 0 Å². The first-order chi connectivity index (χ1) is 13.0. The molecule has 0 saturated carbocycles. The fourth-order valence-electron chi connectivity index (χ4n) is 2.88. The Bertz CT molecular complexity index is 565. The Kier molecular flexibility index (Phi) is 12.2. The van der Waals surface area contributed by atoms with Gasteiger partial charge < -0.3 is 9.47 Å². The van der Waals surface area contributed by atoms with E-state index in [0.717, 1.165) is 24.0 Å². The molecule has 0 aliphatic heterocycles. The van der Waals surface area contributed by atoms with Crippen LogP contribution in [0.5, 0.6) is 5.75 Å². The molecule has 0 fully saturated rings. The molecule has 4 heteroatoms. The van der Waals surface area contributed by atoms with Crippen molar-refractivity contribution in [3.63, 3.8) is 0 Å². The van der Waals surface area contributed by atoms with Crippen molar-refractivity contribution < 1.29 is 19.1 Å². The number of ether oxygens (including phenoxy) is 2. The third-order valence-electron chi connectivity index (χ3n) is 4.80. The van der Waals surface area contributed by atoms with E-state index in [4.69, 9.17) is 9.47 Å². The van der Waals surface area contributed by atoms with E-state index in [2.05, 4.69) is 6.92 Å². The van der Waals surface area contributed by atoms with Crippen molar-refractivity contribution in [2.45, 2.75) is 91.4 Å². The van der Waals surface area contributed by atoms with E-state index in [0.29, 0.717) is 18.8 Å². The average molecular weight is 377 g/mol. The fourth-order valence-corrected chi connectivity index (χ4v) is 2.88. The number of benzene rings is 1. The van der Waals surface area contributed by atoms with Crippen LogP contribution in [-0.4, -0.2) is 18.5 Å². The number of unbranched alkanes of at least 4 members (excludes halogenated alkanes) is 7. The molecular weight excluding hydrogens is 340 g/mol. The quantitative estimate of drug-likeness (QED) is 0.225. The summed E-state index contributed by atoms with van der Waals surface area (Å²) in [5.41, 5.74) is 2.06. The van der Waals surface area contributed by atoms with Gasteiger partial charge in [-0.2, -0.15) is 0 Å². The second kappa shape index (κ2) is 14.2. The summed E-state index contributed by atoms with van der Waals surface area (Å²) in [5, 5.41) is 0. The van der Waals surface area contributed by atoms with Crippen LogP contribution in [0.2, 0.25) is 0 Å². The van der Waals surface area contributed by atoms with E-state index < -0.39 is 0 Å². The van der Waals surface area contributed by atoms with Gasteiger partial charge in [0.15, 0.2) is 0 Å². The number of esters is 2. The Morgan fingerprint density at radius 1 is 0.815 bits per heavy atom. The molecule has 0 aliphatic rings. The van der Waals surface area contributed by atoms with Crippen LogP contribution >= 0.6 is 0 Å². The number of aryl methyl sites for hydroxylation is 1. The van der Waals surface area contributed by atoms with Crippen LogP contribution in [0, 0.1) is 13.8 Å². The summed E-state index contributed by atoms with van der Waals surface area (Å²) in [6.45, 7) is 6.62. The number of carbonyl (C=O) groups is 2. The molecule has 0 bridgehead atoms. The zero-order valence-corrected chi connectivity index (χ0v) is 17.4. The molecule has 27 heavy (non-hydrogen) atoms. The molecule has 0 unspecified atom stereocenters. The Morgan fingerprint density at radius 3 is 2.15 bits per heavy atom. The second-order valence-electron chi connectivity index (χ2n) is 7.22. The van der Waals surface area contributed by atoms with Gasteiger partial charge in [0.1, 0.15) is 5.75 Å². The van der Waals surface area contributed by atoms with Crippen LogP contribution in [0.15, 0.2) is 18.2 Å². The predicted octanol–water partition coefficient (Wildman–Crippen LogP) is 6.06. The van der Waals surface area contributed by atoms with Gasteiger partial charge in [0.05, 0.1) is 6.61 Å². The Hall–Kier alpha value is -1.84. The molecular formula is C23H36O4. The minimum atomic E-state index is -0.306. The van der Waals surface area contributed by atoms with Crippen molar-refractivity contribution in [1.82, 2.24) is 0 Å². The van der Waals surface area contributed by atoms with Crippen LogP contribution < -0.4 is 4.74 Å². The van der Waals surface area contributed by atoms with Crippen LogP contribution in [0.4, 0.5) is 0 Å². The van der Waals surface area contributed by atoms with Crippen molar-refractivity contribution in [2.75, 3.05) is 6.61 Å². The SMILES string of the molecule is CCCCCCCCCCOC(=O)CCCC(=O)Oc1cccc(C)c1C. The molecule has 1 aromatic rings. The number of carbonyl (C=O) groups excluding carboxylic acids is 2. The van der Waals surface area contributed by atoms with Crippen LogP contribution in [0.25, 0.3) is 0 Å². The zero-order valence-electron chi connectivity index (χ0n) is 17.4. The summed E-state index contributed by atoms with van der Waals surface area (Å²) in [6.07, 6.45) is 10.7. The summed E-state index contributed by atoms with van der Waals surface area (Å²) in [5.74, 6) is 0.0642. The third-order valence-corrected chi connectivity index (χ3v) is 4.80. The maximum Gasteiger partial charge on any atom is 0.311 e. The second-order valence-corrected chi connectivity index (χ2v) is 7.22. The van der Waals surface area contributed by atoms with E-state index in [9.17, 15) is 9.59 Å². The Morgan fingerprint density at radius 2 is 1.44 bits per heavy atom. The molecule has 152 valence electrons. The highest BCUT2D eigenvalue weighted by molar-refractivity contribution is 5.74. The highest BCUT2D eigenvalue weighted by Crippen LogP contribution is 2.21. The minimum absolute atomic E-state index is 0.222. The van der Waals surface area contributed by atoms with Gasteiger partial charge in [-0.15, -0.1) is 0 Å². The smallest absolute Gasteiger partial charge is 0.311 e. The zero-order chi connectivity index (χ0) is 19.9. The minimum Gasteiger partial charge on any atom is -0.466 e. The molecule has 1 aromatic carbocycles. The first-order valence-corrected chi connectivity index (χ1v) is 10.5. The first kappa shape index (κ1) is 23.2. The summed E-state index contributed by atoms with van der Waals surface area (Å²) < 4.78 is 10.6. The lowest BCUT2D eigenvalue weighted by Crippen LogP contribution is -2.11. The largest absolute Gasteiger partial charge is 0.466 e. The average Bonchev–Trinajstić information content (AvgIpc) is 2.64. The molecule has 0 saturated heterocycles. The maximum atomic E-state index is 11.9. The summed E-state index contributed by atoms with van der Waals surface area (Å²) in [7, 11) is 0. The Balaban J connectivity index is 2.03. The van der Waals surface area contributed by atoms with Crippen molar-refractivity contribution in [2.24, 2.45) is 0 Å². The van der Waals surface area contributed by atoms with Gasteiger partial charge in [0, 0.05) is 12.8 Å². The monoisotopic (exact) mass is 376 g/mol. The van der Waals surface area contributed by atoms with Gasteiger partial charge in [-0.3, -0.25) is 9.59 Å². The topological polar surface area (TPSA) is 52.6 Å². The summed E-state index contributed by atoms with van der Waals surface area (Å²) in [6, 6.07) is 5.64. The molecule has 0 radical (unpaired) electrons. The lowest BCUT2D eigenvalue weighted by atomic mass is 10.1. The molecule has 0 aromatic heterocycles.